The predicted molar refractivity (Wildman–Crippen MR) is 87.7 cm³/mol. The van der Waals surface area contributed by atoms with Crippen LogP contribution in [-0.4, -0.2) is 44.1 Å². The molecule has 1 saturated carbocycles. The van der Waals surface area contributed by atoms with E-state index in [2.05, 4.69) is 10.2 Å². The van der Waals surface area contributed by atoms with E-state index in [1.54, 1.807) is 0 Å². The largest absolute Gasteiger partial charge is 0.341 e. The van der Waals surface area contributed by atoms with Crippen LogP contribution < -0.4 is 5.32 Å². The first kappa shape index (κ1) is 18.8. The van der Waals surface area contributed by atoms with Gasteiger partial charge in [0.1, 0.15) is 0 Å². The Balaban J connectivity index is 1.96. The van der Waals surface area contributed by atoms with Gasteiger partial charge in [-0.3, -0.25) is 9.69 Å². The number of halogens is 2. The number of sulfone groups is 1. The highest BCUT2D eigenvalue weighted by molar-refractivity contribution is 7.91. The fourth-order valence-corrected chi connectivity index (χ4v) is 3.03. The summed E-state index contributed by atoms with van der Waals surface area (Å²) < 4.78 is 47.6. The lowest BCUT2D eigenvalue weighted by molar-refractivity contribution is -0.117. The van der Waals surface area contributed by atoms with E-state index in [1.165, 1.54) is 25.0 Å². The molecule has 0 bridgehead atoms. The lowest BCUT2D eigenvalue weighted by Gasteiger charge is -2.25. The number of rotatable bonds is 8. The maximum atomic E-state index is 12.5. The van der Waals surface area contributed by atoms with Gasteiger partial charge in [-0.25, -0.2) is 8.42 Å². The van der Waals surface area contributed by atoms with Crippen molar-refractivity contribution >= 4 is 21.4 Å². The van der Waals surface area contributed by atoms with E-state index in [-0.39, 0.29) is 18.5 Å². The molecule has 1 N–H and O–H groups in total. The standard InChI is InChI=1S/C16H22F2N2O3S/c1-11(2)20(9-12-3-4-12)10-15(21)19-13-5-7-14(8-6-13)24(22,23)16(17)18/h5-8,11-12,16H,3-4,9-10H2,1-2H3,(H,19,21). The summed E-state index contributed by atoms with van der Waals surface area (Å²) in [5.74, 6) is -3.01. The third kappa shape index (κ3) is 4.98. The third-order valence-corrected chi connectivity index (χ3v) is 5.37. The molecule has 8 heteroatoms. The van der Waals surface area contributed by atoms with Crippen molar-refractivity contribution in [2.24, 2.45) is 5.92 Å². The van der Waals surface area contributed by atoms with Gasteiger partial charge in [0.05, 0.1) is 11.4 Å². The number of benzene rings is 1. The van der Waals surface area contributed by atoms with Crippen molar-refractivity contribution in [2.75, 3.05) is 18.4 Å². The number of carbonyl (C=O) groups excluding carboxylic acids is 1. The second kappa shape index (κ2) is 7.57. The van der Waals surface area contributed by atoms with Crippen LogP contribution in [0, 0.1) is 5.92 Å². The Hall–Kier alpha value is -1.54. The number of alkyl halides is 2. The summed E-state index contributed by atoms with van der Waals surface area (Å²) in [5, 5.41) is 2.67. The molecule has 134 valence electrons. The van der Waals surface area contributed by atoms with Gasteiger partial charge in [0, 0.05) is 18.3 Å². The fourth-order valence-electron chi connectivity index (χ4n) is 2.31. The molecule has 2 rings (SSSR count). The van der Waals surface area contributed by atoms with Crippen LogP contribution in [-0.2, 0) is 14.6 Å². The number of anilines is 1. The maximum Gasteiger partial charge on any atom is 0.341 e. The van der Waals surface area contributed by atoms with E-state index in [9.17, 15) is 22.0 Å². The van der Waals surface area contributed by atoms with Crippen molar-refractivity contribution in [1.82, 2.24) is 4.90 Å². The first-order valence-corrected chi connectivity index (χ1v) is 9.41. The van der Waals surface area contributed by atoms with Crippen LogP contribution in [0.5, 0.6) is 0 Å². The number of hydrogen-bond acceptors (Lipinski definition) is 4. The highest BCUT2D eigenvalue weighted by Gasteiger charge is 2.27. The van der Waals surface area contributed by atoms with Crippen LogP contribution in [0.2, 0.25) is 0 Å². The summed E-state index contributed by atoms with van der Waals surface area (Å²) in [6.45, 7) is 5.18. The average molecular weight is 360 g/mol. The maximum absolute atomic E-state index is 12.5. The average Bonchev–Trinajstić information content (AvgIpc) is 3.30. The van der Waals surface area contributed by atoms with Crippen molar-refractivity contribution in [3.8, 4) is 0 Å². The molecule has 0 spiro atoms. The van der Waals surface area contributed by atoms with Crippen LogP contribution in [0.25, 0.3) is 0 Å². The highest BCUT2D eigenvalue weighted by Crippen LogP contribution is 2.30. The topological polar surface area (TPSA) is 66.5 Å². The molecular formula is C16H22F2N2O3S. The summed E-state index contributed by atoms with van der Waals surface area (Å²) in [6.07, 6.45) is 2.40. The van der Waals surface area contributed by atoms with E-state index >= 15 is 0 Å². The van der Waals surface area contributed by atoms with Crippen molar-refractivity contribution in [3.63, 3.8) is 0 Å². The minimum absolute atomic E-state index is 0.214. The monoisotopic (exact) mass is 360 g/mol. The van der Waals surface area contributed by atoms with Crippen LogP contribution in [0.4, 0.5) is 14.5 Å². The Bertz CT molecular complexity index is 671. The number of hydrogen-bond donors (Lipinski definition) is 1. The molecule has 1 aromatic rings. The Morgan fingerprint density at radius 2 is 1.83 bits per heavy atom. The molecule has 1 fully saturated rings. The van der Waals surface area contributed by atoms with Crippen molar-refractivity contribution in [3.05, 3.63) is 24.3 Å². The molecule has 0 atom stereocenters. The number of nitrogens with zero attached hydrogens (tertiary/aromatic N) is 1. The van der Waals surface area contributed by atoms with Crippen LogP contribution in [0.15, 0.2) is 29.2 Å². The van der Waals surface area contributed by atoms with Gasteiger partial charge < -0.3 is 5.32 Å². The van der Waals surface area contributed by atoms with E-state index < -0.39 is 20.5 Å². The molecule has 1 aromatic carbocycles. The van der Waals surface area contributed by atoms with E-state index in [0.717, 1.165) is 18.7 Å². The molecule has 0 radical (unpaired) electrons. The molecule has 24 heavy (non-hydrogen) atoms. The van der Waals surface area contributed by atoms with Crippen molar-refractivity contribution < 1.29 is 22.0 Å². The van der Waals surface area contributed by atoms with Crippen LogP contribution in [0.1, 0.15) is 26.7 Å². The second-order valence-electron chi connectivity index (χ2n) is 6.34. The van der Waals surface area contributed by atoms with E-state index in [1.807, 2.05) is 13.8 Å². The van der Waals surface area contributed by atoms with Crippen molar-refractivity contribution in [2.45, 2.75) is 43.4 Å². The molecule has 1 aliphatic rings. The summed E-state index contributed by atoms with van der Waals surface area (Å²) in [5.41, 5.74) is 0.378. The lowest BCUT2D eigenvalue weighted by atomic mass is 10.2. The summed E-state index contributed by atoms with van der Waals surface area (Å²) in [4.78, 5) is 13.7. The number of nitrogens with one attached hydrogen (secondary N) is 1. The van der Waals surface area contributed by atoms with Gasteiger partial charge in [0.2, 0.25) is 15.7 Å². The number of amides is 1. The Morgan fingerprint density at radius 1 is 1.25 bits per heavy atom. The third-order valence-electron chi connectivity index (χ3n) is 3.97. The highest BCUT2D eigenvalue weighted by atomic mass is 32.2. The smallest absolute Gasteiger partial charge is 0.325 e. The van der Waals surface area contributed by atoms with Crippen molar-refractivity contribution in [1.29, 1.82) is 0 Å². The zero-order valence-corrected chi connectivity index (χ0v) is 14.5. The fraction of sp³-hybridized carbons (Fsp3) is 0.562. The Labute approximate surface area is 141 Å². The molecule has 0 unspecified atom stereocenters. The number of carbonyl (C=O) groups is 1. The first-order chi connectivity index (χ1) is 11.2. The van der Waals surface area contributed by atoms with Gasteiger partial charge in [-0.1, -0.05) is 0 Å². The summed E-state index contributed by atoms with van der Waals surface area (Å²) >= 11 is 0. The van der Waals surface area contributed by atoms with Gasteiger partial charge in [-0.2, -0.15) is 8.78 Å². The van der Waals surface area contributed by atoms with Gasteiger partial charge >= 0.3 is 5.76 Å². The predicted octanol–water partition coefficient (Wildman–Crippen LogP) is 2.74. The molecule has 1 amide bonds. The van der Waals surface area contributed by atoms with Crippen LogP contribution >= 0.6 is 0 Å². The Kier molecular flexibility index (Phi) is 5.92. The van der Waals surface area contributed by atoms with Gasteiger partial charge in [-0.15, -0.1) is 0 Å². The molecule has 1 aliphatic carbocycles. The van der Waals surface area contributed by atoms with Crippen LogP contribution in [0.3, 0.4) is 0 Å². The first-order valence-electron chi connectivity index (χ1n) is 7.86. The van der Waals surface area contributed by atoms with E-state index in [0.29, 0.717) is 11.6 Å². The SMILES string of the molecule is CC(C)N(CC(=O)Nc1ccc(S(=O)(=O)C(F)F)cc1)CC1CC1. The molecule has 0 heterocycles. The second-order valence-corrected chi connectivity index (χ2v) is 8.26. The van der Waals surface area contributed by atoms with Gasteiger partial charge in [0.25, 0.3) is 0 Å². The minimum atomic E-state index is -4.61. The lowest BCUT2D eigenvalue weighted by Crippen LogP contribution is -2.39. The molecular weight excluding hydrogens is 338 g/mol. The van der Waals surface area contributed by atoms with Gasteiger partial charge in [0.15, 0.2) is 0 Å². The summed E-state index contributed by atoms with van der Waals surface area (Å²) in [7, 11) is -4.61. The molecule has 0 aromatic heterocycles. The zero-order valence-electron chi connectivity index (χ0n) is 13.7. The Morgan fingerprint density at radius 3 is 2.29 bits per heavy atom. The zero-order chi connectivity index (χ0) is 17.9. The van der Waals surface area contributed by atoms with Gasteiger partial charge in [-0.05, 0) is 56.9 Å². The minimum Gasteiger partial charge on any atom is -0.325 e. The van der Waals surface area contributed by atoms with E-state index in [4.69, 9.17) is 0 Å². The summed E-state index contributed by atoms with van der Waals surface area (Å²) in [6, 6.07) is 5.01. The normalized spacial score (nSPS) is 15.3. The molecule has 0 saturated heterocycles. The molecule has 5 nitrogen and oxygen atoms in total. The molecule has 0 aliphatic heterocycles. The quantitative estimate of drug-likeness (QED) is 0.774.